The molecule has 0 aromatic carbocycles. The summed E-state index contributed by atoms with van der Waals surface area (Å²) in [4.78, 5) is 12.6. The van der Waals surface area contributed by atoms with Crippen LogP contribution in [0, 0.1) is 0 Å². The van der Waals surface area contributed by atoms with Crippen LogP contribution in [0.25, 0.3) is 0 Å². The third-order valence-corrected chi connectivity index (χ3v) is 6.89. The highest BCUT2D eigenvalue weighted by molar-refractivity contribution is 7.91. The Morgan fingerprint density at radius 2 is 2.05 bits per heavy atom. The van der Waals surface area contributed by atoms with Gasteiger partial charge in [-0.2, -0.15) is 0 Å². The van der Waals surface area contributed by atoms with Crippen molar-refractivity contribution in [3.63, 3.8) is 0 Å². The Morgan fingerprint density at radius 3 is 2.60 bits per heavy atom. The van der Waals surface area contributed by atoms with Crippen LogP contribution in [0.1, 0.15) is 19.8 Å². The van der Waals surface area contributed by atoms with Gasteiger partial charge >= 0.3 is 5.97 Å². The average molecular weight is 327 g/mol. The number of carbonyl (C=O) groups is 1. The predicted molar refractivity (Wildman–Crippen MR) is 75.2 cm³/mol. The molecule has 0 aromatic rings. The van der Waals surface area contributed by atoms with Crippen LogP contribution in [0.15, 0.2) is 0 Å². The summed E-state index contributed by atoms with van der Waals surface area (Å²) >= 11 is 0. The van der Waals surface area contributed by atoms with Crippen molar-refractivity contribution in [1.29, 1.82) is 0 Å². The molecule has 1 atom stereocenters. The first-order chi connectivity index (χ1) is 9.15. The highest BCUT2D eigenvalue weighted by Gasteiger charge is 2.32. The standard InChI is InChI=1S/C11H21NO6S2/c1-2-19(15,16)6-3-4-12-5-7-20(17,18)9-10(12)8-11(13)14/h10H,2-9H2,1H3,(H,13,14). The molecule has 0 bridgehead atoms. The topological polar surface area (TPSA) is 109 Å². The van der Waals surface area contributed by atoms with Gasteiger partial charge in [0.05, 0.1) is 23.7 Å². The fraction of sp³-hybridized carbons (Fsp3) is 0.909. The van der Waals surface area contributed by atoms with E-state index in [1.165, 1.54) is 0 Å². The normalized spacial score (nSPS) is 23.6. The summed E-state index contributed by atoms with van der Waals surface area (Å²) in [6, 6.07) is -0.560. The fourth-order valence-corrected chi connectivity index (χ4v) is 4.69. The molecule has 0 saturated carbocycles. The molecule has 1 saturated heterocycles. The van der Waals surface area contributed by atoms with Crippen LogP contribution < -0.4 is 0 Å². The van der Waals surface area contributed by atoms with E-state index in [2.05, 4.69) is 0 Å². The maximum Gasteiger partial charge on any atom is 0.304 e. The van der Waals surface area contributed by atoms with E-state index in [4.69, 9.17) is 5.11 Å². The Kier molecular flexibility index (Phi) is 5.96. The lowest BCUT2D eigenvalue weighted by Gasteiger charge is -2.34. The van der Waals surface area contributed by atoms with Gasteiger partial charge in [-0.25, -0.2) is 16.8 Å². The average Bonchev–Trinajstić information content (AvgIpc) is 2.30. The van der Waals surface area contributed by atoms with Crippen molar-refractivity contribution in [2.45, 2.75) is 25.8 Å². The lowest BCUT2D eigenvalue weighted by molar-refractivity contribution is -0.138. The summed E-state index contributed by atoms with van der Waals surface area (Å²) in [7, 11) is -6.24. The van der Waals surface area contributed by atoms with Gasteiger partial charge in [-0.15, -0.1) is 0 Å². The molecule has 20 heavy (non-hydrogen) atoms. The van der Waals surface area contributed by atoms with Crippen LogP contribution in [0.4, 0.5) is 0 Å². The van der Waals surface area contributed by atoms with Crippen LogP contribution in [-0.4, -0.2) is 75.0 Å². The van der Waals surface area contributed by atoms with Crippen LogP contribution in [0.2, 0.25) is 0 Å². The number of nitrogens with zero attached hydrogens (tertiary/aromatic N) is 1. The Labute approximate surface area is 119 Å². The Morgan fingerprint density at radius 1 is 1.40 bits per heavy atom. The van der Waals surface area contributed by atoms with Gasteiger partial charge in [0.15, 0.2) is 9.84 Å². The fourth-order valence-electron chi connectivity index (χ4n) is 2.24. The number of carboxylic acid groups (broad SMARTS) is 1. The number of hydrogen-bond acceptors (Lipinski definition) is 6. The van der Waals surface area contributed by atoms with Crippen molar-refractivity contribution >= 4 is 25.6 Å². The Bertz CT molecular complexity index is 539. The number of sulfone groups is 2. The molecular formula is C11H21NO6S2. The van der Waals surface area contributed by atoms with Crippen LogP contribution in [0.5, 0.6) is 0 Å². The van der Waals surface area contributed by atoms with E-state index in [0.717, 1.165) is 0 Å². The molecule has 1 heterocycles. The smallest absolute Gasteiger partial charge is 0.304 e. The predicted octanol–water partition coefficient (Wildman–Crippen LogP) is -0.615. The molecule has 118 valence electrons. The first-order valence-electron chi connectivity index (χ1n) is 6.52. The minimum atomic E-state index is -3.19. The van der Waals surface area contributed by atoms with Crippen molar-refractivity contribution in [3.8, 4) is 0 Å². The van der Waals surface area contributed by atoms with Crippen molar-refractivity contribution < 1.29 is 26.7 Å². The minimum Gasteiger partial charge on any atom is -0.481 e. The highest BCUT2D eigenvalue weighted by Crippen LogP contribution is 2.15. The largest absolute Gasteiger partial charge is 0.481 e. The number of aliphatic carboxylic acids is 1. The second-order valence-electron chi connectivity index (χ2n) is 4.99. The van der Waals surface area contributed by atoms with E-state index < -0.39 is 31.7 Å². The van der Waals surface area contributed by atoms with Gasteiger partial charge < -0.3 is 5.11 Å². The number of hydrogen-bond donors (Lipinski definition) is 1. The summed E-state index contributed by atoms with van der Waals surface area (Å²) in [6.45, 7) is 2.26. The second-order valence-corrected chi connectivity index (χ2v) is 9.69. The van der Waals surface area contributed by atoms with Crippen LogP contribution >= 0.6 is 0 Å². The Balaban J connectivity index is 2.60. The summed E-state index contributed by atoms with van der Waals surface area (Å²) in [5.41, 5.74) is 0. The van der Waals surface area contributed by atoms with E-state index in [9.17, 15) is 21.6 Å². The summed E-state index contributed by atoms with van der Waals surface area (Å²) < 4.78 is 45.9. The summed E-state index contributed by atoms with van der Waals surface area (Å²) in [6.07, 6.45) is 0.159. The van der Waals surface area contributed by atoms with Crippen molar-refractivity contribution in [2.75, 3.05) is 36.1 Å². The minimum absolute atomic E-state index is 0.00362. The number of carboxylic acids is 1. The molecule has 0 amide bonds. The molecule has 9 heteroatoms. The summed E-state index contributed by atoms with van der Waals surface area (Å²) in [5, 5.41) is 8.83. The monoisotopic (exact) mass is 327 g/mol. The molecule has 0 spiro atoms. The molecule has 1 aliphatic rings. The van der Waals surface area contributed by atoms with Gasteiger partial charge in [-0.1, -0.05) is 6.92 Å². The zero-order valence-electron chi connectivity index (χ0n) is 11.5. The van der Waals surface area contributed by atoms with Crippen molar-refractivity contribution in [3.05, 3.63) is 0 Å². The molecule has 1 unspecified atom stereocenters. The van der Waals surface area contributed by atoms with Crippen LogP contribution in [-0.2, 0) is 24.5 Å². The second kappa shape index (κ2) is 6.86. The zero-order chi connectivity index (χ0) is 15.4. The van der Waals surface area contributed by atoms with Crippen LogP contribution in [0.3, 0.4) is 0 Å². The lowest BCUT2D eigenvalue weighted by atomic mass is 10.2. The van der Waals surface area contributed by atoms with Gasteiger partial charge in [-0.05, 0) is 13.0 Å². The molecule has 7 nitrogen and oxygen atoms in total. The number of rotatable bonds is 7. The molecule has 1 fully saturated rings. The lowest BCUT2D eigenvalue weighted by Crippen LogP contribution is -2.49. The molecular weight excluding hydrogens is 306 g/mol. The zero-order valence-corrected chi connectivity index (χ0v) is 13.1. The molecule has 1 N–H and O–H groups in total. The SMILES string of the molecule is CCS(=O)(=O)CCCN1CCS(=O)(=O)CC1CC(=O)O. The first-order valence-corrected chi connectivity index (χ1v) is 10.2. The molecule has 1 aliphatic heterocycles. The van der Waals surface area contributed by atoms with Crippen molar-refractivity contribution in [1.82, 2.24) is 4.90 Å². The van der Waals surface area contributed by atoms with Crippen molar-refractivity contribution in [2.24, 2.45) is 0 Å². The van der Waals surface area contributed by atoms with Gasteiger partial charge in [0.25, 0.3) is 0 Å². The van der Waals surface area contributed by atoms with E-state index >= 15 is 0 Å². The molecule has 0 radical (unpaired) electrons. The van der Waals surface area contributed by atoms with E-state index in [1.807, 2.05) is 0 Å². The van der Waals surface area contributed by atoms with Gasteiger partial charge in [0.1, 0.15) is 9.84 Å². The molecule has 0 aromatic heterocycles. The maximum absolute atomic E-state index is 11.6. The summed E-state index contributed by atoms with van der Waals surface area (Å²) in [5.74, 6) is -1.08. The first kappa shape index (κ1) is 17.4. The maximum atomic E-state index is 11.6. The third kappa shape index (κ3) is 5.76. The molecule has 1 rings (SSSR count). The highest BCUT2D eigenvalue weighted by atomic mass is 32.2. The van der Waals surface area contributed by atoms with Gasteiger partial charge in [0, 0.05) is 18.3 Å². The van der Waals surface area contributed by atoms with Gasteiger partial charge in [0.2, 0.25) is 0 Å². The van der Waals surface area contributed by atoms with E-state index in [1.54, 1.807) is 11.8 Å². The van der Waals surface area contributed by atoms with E-state index in [-0.39, 0.29) is 36.0 Å². The quantitative estimate of drug-likeness (QED) is 0.664. The van der Waals surface area contributed by atoms with Gasteiger partial charge in [-0.3, -0.25) is 9.69 Å². The van der Waals surface area contributed by atoms with E-state index in [0.29, 0.717) is 13.0 Å². The molecule has 0 aliphatic carbocycles. The third-order valence-electron chi connectivity index (χ3n) is 3.40. The Hall–Kier alpha value is -0.670.